The van der Waals surface area contributed by atoms with Crippen LogP contribution < -0.4 is 5.32 Å². The first-order valence-electron chi connectivity index (χ1n) is 5.34. The first-order valence-corrected chi connectivity index (χ1v) is 5.34. The van der Waals surface area contributed by atoms with Crippen LogP contribution in [0.25, 0.3) is 0 Å². The van der Waals surface area contributed by atoms with Crippen molar-refractivity contribution in [2.45, 2.75) is 13.3 Å². The molecule has 0 saturated heterocycles. The summed E-state index contributed by atoms with van der Waals surface area (Å²) in [6.45, 7) is 1.42. The quantitative estimate of drug-likeness (QED) is 0.480. The summed E-state index contributed by atoms with van der Waals surface area (Å²) in [6.07, 6.45) is 5.05. The van der Waals surface area contributed by atoms with E-state index in [0.717, 1.165) is 4.90 Å². The Bertz CT molecular complexity index is 348. The predicted octanol–water partition coefficient (Wildman–Crippen LogP) is -0.331. The topological polar surface area (TPSA) is 95.9 Å². The van der Waals surface area contributed by atoms with Gasteiger partial charge in [0.15, 0.2) is 0 Å². The molecule has 0 aliphatic heterocycles. The first-order chi connectivity index (χ1) is 8.51. The fourth-order valence-electron chi connectivity index (χ4n) is 1.09. The van der Waals surface area contributed by atoms with Gasteiger partial charge in [-0.1, -0.05) is 5.92 Å². The van der Waals surface area contributed by atoms with Gasteiger partial charge < -0.3 is 20.1 Å². The Kier molecular flexibility index (Phi) is 7.77. The fraction of sp³-hybridized carbons (Fsp3) is 0.545. The maximum Gasteiger partial charge on any atom is 0.323 e. The maximum absolute atomic E-state index is 11.5. The largest absolute Gasteiger partial charge is 0.480 e. The molecule has 0 spiro atoms. The molecule has 0 fully saturated rings. The van der Waals surface area contributed by atoms with E-state index in [1.54, 1.807) is 6.92 Å². The van der Waals surface area contributed by atoms with Gasteiger partial charge >= 0.3 is 18.0 Å². The third kappa shape index (κ3) is 7.11. The molecule has 2 amide bonds. The summed E-state index contributed by atoms with van der Waals surface area (Å²) in [5.41, 5.74) is 0. The number of carboxylic acid groups (broad SMARTS) is 1. The lowest BCUT2D eigenvalue weighted by Gasteiger charge is -2.18. The minimum absolute atomic E-state index is 0.0244. The molecule has 0 heterocycles. The smallest absolute Gasteiger partial charge is 0.323 e. The summed E-state index contributed by atoms with van der Waals surface area (Å²) >= 11 is 0. The molecule has 18 heavy (non-hydrogen) atoms. The number of carbonyl (C=O) groups is 3. The van der Waals surface area contributed by atoms with Gasteiger partial charge in [0.25, 0.3) is 0 Å². The van der Waals surface area contributed by atoms with Crippen LogP contribution in [0, 0.1) is 12.3 Å². The zero-order valence-corrected chi connectivity index (χ0v) is 10.1. The highest BCUT2D eigenvalue weighted by atomic mass is 16.5. The summed E-state index contributed by atoms with van der Waals surface area (Å²) in [5, 5.41) is 11.0. The van der Waals surface area contributed by atoms with E-state index in [2.05, 4.69) is 16.0 Å². The molecule has 0 atom stereocenters. The van der Waals surface area contributed by atoms with Crippen LogP contribution in [0.4, 0.5) is 4.79 Å². The third-order valence-corrected chi connectivity index (χ3v) is 1.81. The number of carbonyl (C=O) groups excluding carboxylic acids is 2. The predicted molar refractivity (Wildman–Crippen MR) is 62.7 cm³/mol. The van der Waals surface area contributed by atoms with E-state index >= 15 is 0 Å². The zero-order valence-electron chi connectivity index (χ0n) is 10.1. The lowest BCUT2D eigenvalue weighted by molar-refractivity contribution is -0.143. The second kappa shape index (κ2) is 8.87. The van der Waals surface area contributed by atoms with Gasteiger partial charge in [-0.25, -0.2) is 4.79 Å². The molecule has 0 saturated carbocycles. The van der Waals surface area contributed by atoms with Crippen LogP contribution in [0.1, 0.15) is 13.3 Å². The van der Waals surface area contributed by atoms with Crippen molar-refractivity contribution >= 4 is 18.0 Å². The Labute approximate surface area is 105 Å². The Hall–Kier alpha value is -2.23. The molecular formula is C11H16N2O5. The van der Waals surface area contributed by atoms with Crippen LogP contribution in [0.3, 0.4) is 0 Å². The Morgan fingerprint density at radius 1 is 1.44 bits per heavy atom. The van der Waals surface area contributed by atoms with Crippen molar-refractivity contribution in [1.29, 1.82) is 0 Å². The zero-order chi connectivity index (χ0) is 14.0. The van der Waals surface area contributed by atoms with E-state index in [1.807, 2.05) is 0 Å². The van der Waals surface area contributed by atoms with Crippen molar-refractivity contribution in [2.75, 3.05) is 26.2 Å². The van der Waals surface area contributed by atoms with Crippen molar-refractivity contribution in [2.24, 2.45) is 0 Å². The van der Waals surface area contributed by atoms with E-state index in [4.69, 9.17) is 11.5 Å². The molecule has 2 N–H and O–H groups in total. The number of terminal acetylenes is 1. The van der Waals surface area contributed by atoms with E-state index in [9.17, 15) is 14.4 Å². The van der Waals surface area contributed by atoms with E-state index in [0.29, 0.717) is 0 Å². The van der Waals surface area contributed by atoms with E-state index in [1.165, 1.54) is 0 Å². The second-order valence-corrected chi connectivity index (χ2v) is 3.24. The normalized spacial score (nSPS) is 9.11. The molecule has 0 aromatic carbocycles. The fourth-order valence-corrected chi connectivity index (χ4v) is 1.09. The molecule has 0 aromatic rings. The van der Waals surface area contributed by atoms with Gasteiger partial charge in [-0.05, 0) is 6.92 Å². The molecule has 7 nitrogen and oxygen atoms in total. The summed E-state index contributed by atoms with van der Waals surface area (Å²) in [7, 11) is 0. The van der Waals surface area contributed by atoms with Crippen molar-refractivity contribution in [3.05, 3.63) is 0 Å². The summed E-state index contributed by atoms with van der Waals surface area (Å²) < 4.78 is 4.67. The highest BCUT2D eigenvalue weighted by molar-refractivity contribution is 5.80. The third-order valence-electron chi connectivity index (χ3n) is 1.81. The SMILES string of the molecule is C#CCN(CC(=O)O)C(=O)NCCC(=O)OCC. The van der Waals surface area contributed by atoms with Gasteiger partial charge in [0.05, 0.1) is 19.6 Å². The number of aliphatic carboxylic acids is 1. The number of nitrogens with one attached hydrogen (secondary N) is 1. The number of esters is 1. The monoisotopic (exact) mass is 256 g/mol. The molecular weight excluding hydrogens is 240 g/mol. The molecule has 100 valence electrons. The molecule has 0 radical (unpaired) electrons. The van der Waals surface area contributed by atoms with Crippen LogP contribution in [0.15, 0.2) is 0 Å². The lowest BCUT2D eigenvalue weighted by atomic mass is 10.4. The van der Waals surface area contributed by atoms with Gasteiger partial charge in [-0.15, -0.1) is 6.42 Å². The minimum Gasteiger partial charge on any atom is -0.480 e. The summed E-state index contributed by atoms with van der Waals surface area (Å²) in [5.74, 6) is 0.591. The standard InChI is InChI=1S/C11H16N2O5/c1-3-7-13(8-9(14)15)11(17)12-6-5-10(16)18-4-2/h1H,4-8H2,2H3,(H,12,17)(H,14,15). The Morgan fingerprint density at radius 2 is 2.11 bits per heavy atom. The van der Waals surface area contributed by atoms with Gasteiger partial charge in [0.1, 0.15) is 6.54 Å². The van der Waals surface area contributed by atoms with Crippen LogP contribution in [0.2, 0.25) is 0 Å². The number of carboxylic acids is 1. The van der Waals surface area contributed by atoms with Crippen molar-refractivity contribution in [1.82, 2.24) is 10.2 Å². The van der Waals surface area contributed by atoms with Gasteiger partial charge in [-0.2, -0.15) is 0 Å². The molecule has 7 heteroatoms. The van der Waals surface area contributed by atoms with Crippen molar-refractivity contribution < 1.29 is 24.2 Å². The highest BCUT2D eigenvalue weighted by Crippen LogP contribution is 1.90. The van der Waals surface area contributed by atoms with Crippen LogP contribution in [-0.4, -0.2) is 54.2 Å². The van der Waals surface area contributed by atoms with Crippen LogP contribution >= 0.6 is 0 Å². The Balaban J connectivity index is 4.07. The number of hydrogen-bond donors (Lipinski definition) is 2. The average Bonchev–Trinajstić information content (AvgIpc) is 2.28. The van der Waals surface area contributed by atoms with Crippen LogP contribution in [-0.2, 0) is 14.3 Å². The van der Waals surface area contributed by atoms with Gasteiger partial charge in [0, 0.05) is 6.54 Å². The number of amides is 2. The summed E-state index contributed by atoms with van der Waals surface area (Å²) in [4.78, 5) is 33.9. The van der Waals surface area contributed by atoms with Crippen molar-refractivity contribution in [3.8, 4) is 12.3 Å². The number of urea groups is 1. The first kappa shape index (κ1) is 15.8. The molecule has 0 unspecified atom stereocenters. The molecule has 0 aliphatic rings. The number of hydrogen-bond acceptors (Lipinski definition) is 4. The van der Waals surface area contributed by atoms with Gasteiger partial charge in [0.2, 0.25) is 0 Å². The minimum atomic E-state index is -1.16. The molecule has 0 aliphatic carbocycles. The molecule has 0 bridgehead atoms. The summed E-state index contributed by atoms with van der Waals surface area (Å²) in [6, 6.07) is -0.625. The van der Waals surface area contributed by atoms with E-state index < -0.39 is 24.5 Å². The number of rotatable bonds is 7. The van der Waals surface area contributed by atoms with Gasteiger partial charge in [-0.3, -0.25) is 9.59 Å². The van der Waals surface area contributed by atoms with Crippen molar-refractivity contribution in [3.63, 3.8) is 0 Å². The van der Waals surface area contributed by atoms with E-state index in [-0.39, 0.29) is 26.1 Å². The molecule has 0 rings (SSSR count). The van der Waals surface area contributed by atoms with Crippen LogP contribution in [0.5, 0.6) is 0 Å². The average molecular weight is 256 g/mol. The number of ether oxygens (including phenoxy) is 1. The highest BCUT2D eigenvalue weighted by Gasteiger charge is 2.15. The second-order valence-electron chi connectivity index (χ2n) is 3.24. The molecule has 0 aromatic heterocycles. The number of nitrogens with zero attached hydrogens (tertiary/aromatic N) is 1. The Morgan fingerprint density at radius 3 is 2.61 bits per heavy atom. The lowest BCUT2D eigenvalue weighted by Crippen LogP contribution is -2.43. The maximum atomic E-state index is 11.5.